The molecule has 0 amide bonds. The van der Waals surface area contributed by atoms with E-state index < -0.39 is 0 Å². The second-order valence-corrected chi connectivity index (χ2v) is 4.77. The summed E-state index contributed by atoms with van der Waals surface area (Å²) in [5, 5.41) is 6.64. The second-order valence-electron chi connectivity index (χ2n) is 4.77. The minimum absolute atomic E-state index is 0.383. The predicted molar refractivity (Wildman–Crippen MR) is 85.2 cm³/mol. The standard InChI is InChI=1S/C16H27N3O/c1-4-20-13-12-18-16(17-3)19-14(2)10-11-15-8-6-5-7-9-15/h5-9,14H,4,10-13H2,1-3H3,(H2,17,18,19). The maximum atomic E-state index is 5.29. The summed E-state index contributed by atoms with van der Waals surface area (Å²) in [7, 11) is 1.79. The molecule has 4 nitrogen and oxygen atoms in total. The molecule has 0 radical (unpaired) electrons. The van der Waals surface area contributed by atoms with Crippen molar-refractivity contribution in [3.05, 3.63) is 35.9 Å². The highest BCUT2D eigenvalue weighted by Crippen LogP contribution is 2.04. The van der Waals surface area contributed by atoms with Crippen LogP contribution in [0.25, 0.3) is 0 Å². The molecule has 112 valence electrons. The third kappa shape index (κ3) is 7.14. The van der Waals surface area contributed by atoms with Crippen molar-refractivity contribution in [1.82, 2.24) is 10.6 Å². The summed E-state index contributed by atoms with van der Waals surface area (Å²) in [5.41, 5.74) is 1.38. The number of hydrogen-bond donors (Lipinski definition) is 2. The molecule has 0 aromatic heterocycles. The number of benzene rings is 1. The molecule has 0 fully saturated rings. The smallest absolute Gasteiger partial charge is 0.191 e. The van der Waals surface area contributed by atoms with E-state index in [1.165, 1.54) is 5.56 Å². The molecule has 0 saturated heterocycles. The predicted octanol–water partition coefficient (Wildman–Crippen LogP) is 2.21. The zero-order valence-electron chi connectivity index (χ0n) is 12.9. The molecule has 2 N–H and O–H groups in total. The molecule has 4 heteroatoms. The molecule has 1 aromatic carbocycles. The summed E-state index contributed by atoms with van der Waals surface area (Å²) in [6.45, 7) is 6.41. The zero-order valence-corrected chi connectivity index (χ0v) is 12.9. The molecule has 0 aliphatic heterocycles. The Morgan fingerprint density at radius 1 is 1.30 bits per heavy atom. The Morgan fingerprint density at radius 2 is 2.05 bits per heavy atom. The molecular formula is C16H27N3O. The second kappa shape index (κ2) is 10.3. The first-order valence-corrected chi connectivity index (χ1v) is 7.35. The molecule has 0 aliphatic rings. The van der Waals surface area contributed by atoms with Crippen LogP contribution in [0.15, 0.2) is 35.3 Å². The number of nitrogens with one attached hydrogen (secondary N) is 2. The largest absolute Gasteiger partial charge is 0.380 e. The molecule has 1 rings (SSSR count). The monoisotopic (exact) mass is 277 g/mol. The molecule has 0 spiro atoms. The summed E-state index contributed by atoms with van der Waals surface area (Å²) >= 11 is 0. The molecule has 0 aliphatic carbocycles. The quantitative estimate of drug-likeness (QED) is 0.435. The van der Waals surface area contributed by atoms with E-state index in [0.29, 0.717) is 12.6 Å². The third-order valence-corrected chi connectivity index (χ3v) is 3.06. The Hall–Kier alpha value is -1.55. The van der Waals surface area contributed by atoms with Crippen LogP contribution in [0.4, 0.5) is 0 Å². The van der Waals surface area contributed by atoms with Gasteiger partial charge < -0.3 is 15.4 Å². The molecule has 20 heavy (non-hydrogen) atoms. The van der Waals surface area contributed by atoms with Crippen LogP contribution in [0, 0.1) is 0 Å². The van der Waals surface area contributed by atoms with Gasteiger partial charge in [0.15, 0.2) is 5.96 Å². The van der Waals surface area contributed by atoms with Gasteiger partial charge in [-0.15, -0.1) is 0 Å². The van der Waals surface area contributed by atoms with Crippen molar-refractivity contribution < 1.29 is 4.74 Å². The van der Waals surface area contributed by atoms with Crippen molar-refractivity contribution in [1.29, 1.82) is 0 Å². The normalized spacial score (nSPS) is 13.1. The average molecular weight is 277 g/mol. The number of aliphatic imine (C=N–C) groups is 1. The summed E-state index contributed by atoms with van der Waals surface area (Å²) in [5.74, 6) is 0.838. The van der Waals surface area contributed by atoms with Crippen LogP contribution < -0.4 is 10.6 Å². The Kier molecular flexibility index (Phi) is 8.47. The van der Waals surface area contributed by atoms with Gasteiger partial charge in [-0.1, -0.05) is 30.3 Å². The lowest BCUT2D eigenvalue weighted by molar-refractivity contribution is 0.152. The van der Waals surface area contributed by atoms with Gasteiger partial charge in [-0.05, 0) is 32.3 Å². The minimum Gasteiger partial charge on any atom is -0.380 e. The van der Waals surface area contributed by atoms with Crippen molar-refractivity contribution in [2.45, 2.75) is 32.7 Å². The van der Waals surface area contributed by atoms with Gasteiger partial charge in [0, 0.05) is 26.2 Å². The van der Waals surface area contributed by atoms with Crippen LogP contribution in [0.3, 0.4) is 0 Å². The number of ether oxygens (including phenoxy) is 1. The summed E-state index contributed by atoms with van der Waals surface area (Å²) in [6, 6.07) is 10.9. The van der Waals surface area contributed by atoms with Gasteiger partial charge in [-0.3, -0.25) is 4.99 Å². The summed E-state index contributed by atoms with van der Waals surface area (Å²) in [6.07, 6.45) is 2.15. The first kappa shape index (κ1) is 16.5. The molecule has 1 unspecified atom stereocenters. The fraction of sp³-hybridized carbons (Fsp3) is 0.562. The van der Waals surface area contributed by atoms with E-state index in [9.17, 15) is 0 Å². The zero-order chi connectivity index (χ0) is 14.6. The highest BCUT2D eigenvalue weighted by Gasteiger charge is 2.05. The van der Waals surface area contributed by atoms with E-state index in [1.807, 2.05) is 6.92 Å². The Balaban J connectivity index is 2.23. The Labute approximate surface area is 122 Å². The first-order valence-electron chi connectivity index (χ1n) is 7.35. The lowest BCUT2D eigenvalue weighted by atomic mass is 10.1. The van der Waals surface area contributed by atoms with Crippen molar-refractivity contribution in [2.24, 2.45) is 4.99 Å². The van der Waals surface area contributed by atoms with E-state index in [4.69, 9.17) is 4.74 Å². The molecule has 0 heterocycles. The number of aryl methyl sites for hydroxylation is 1. The molecule has 1 aromatic rings. The average Bonchev–Trinajstić information content (AvgIpc) is 2.49. The van der Waals surface area contributed by atoms with Gasteiger partial charge in [0.05, 0.1) is 6.61 Å². The van der Waals surface area contributed by atoms with Crippen LogP contribution >= 0.6 is 0 Å². The summed E-state index contributed by atoms with van der Waals surface area (Å²) < 4.78 is 5.29. The molecule has 0 bridgehead atoms. The molecule has 1 atom stereocenters. The van der Waals surface area contributed by atoms with E-state index in [0.717, 1.165) is 32.0 Å². The summed E-state index contributed by atoms with van der Waals surface area (Å²) in [4.78, 5) is 4.22. The van der Waals surface area contributed by atoms with Gasteiger partial charge in [-0.2, -0.15) is 0 Å². The lowest BCUT2D eigenvalue weighted by Crippen LogP contribution is -2.43. The van der Waals surface area contributed by atoms with E-state index in [2.05, 4.69) is 52.9 Å². The number of hydrogen-bond acceptors (Lipinski definition) is 2. The van der Waals surface area contributed by atoms with Gasteiger partial charge in [0.25, 0.3) is 0 Å². The number of guanidine groups is 1. The van der Waals surface area contributed by atoms with Gasteiger partial charge in [0.1, 0.15) is 0 Å². The van der Waals surface area contributed by atoms with Gasteiger partial charge in [0.2, 0.25) is 0 Å². The highest BCUT2D eigenvalue weighted by molar-refractivity contribution is 5.79. The van der Waals surface area contributed by atoms with Gasteiger partial charge >= 0.3 is 0 Å². The number of rotatable bonds is 8. The fourth-order valence-electron chi connectivity index (χ4n) is 1.91. The first-order chi connectivity index (χ1) is 9.76. The fourth-order valence-corrected chi connectivity index (χ4v) is 1.91. The van der Waals surface area contributed by atoms with Crippen molar-refractivity contribution in [3.63, 3.8) is 0 Å². The Bertz CT molecular complexity index is 379. The van der Waals surface area contributed by atoms with E-state index >= 15 is 0 Å². The van der Waals surface area contributed by atoms with E-state index in [-0.39, 0.29) is 0 Å². The van der Waals surface area contributed by atoms with Crippen molar-refractivity contribution in [2.75, 3.05) is 26.8 Å². The van der Waals surface area contributed by atoms with Gasteiger partial charge in [-0.25, -0.2) is 0 Å². The lowest BCUT2D eigenvalue weighted by Gasteiger charge is -2.18. The minimum atomic E-state index is 0.383. The third-order valence-electron chi connectivity index (χ3n) is 3.06. The maximum Gasteiger partial charge on any atom is 0.191 e. The van der Waals surface area contributed by atoms with E-state index in [1.54, 1.807) is 7.05 Å². The molecular weight excluding hydrogens is 250 g/mol. The van der Waals surface area contributed by atoms with Crippen LogP contribution in [0.5, 0.6) is 0 Å². The highest BCUT2D eigenvalue weighted by atomic mass is 16.5. The molecule has 0 saturated carbocycles. The van der Waals surface area contributed by atoms with Crippen LogP contribution in [-0.2, 0) is 11.2 Å². The Morgan fingerprint density at radius 3 is 2.70 bits per heavy atom. The topological polar surface area (TPSA) is 45.6 Å². The SMILES string of the molecule is CCOCCNC(=NC)NC(C)CCc1ccccc1. The number of nitrogens with zero attached hydrogens (tertiary/aromatic N) is 1. The van der Waals surface area contributed by atoms with Crippen LogP contribution in [0.2, 0.25) is 0 Å². The van der Waals surface area contributed by atoms with Crippen LogP contribution in [0.1, 0.15) is 25.8 Å². The van der Waals surface area contributed by atoms with Crippen molar-refractivity contribution in [3.8, 4) is 0 Å². The van der Waals surface area contributed by atoms with Crippen molar-refractivity contribution >= 4 is 5.96 Å². The maximum absolute atomic E-state index is 5.29. The van der Waals surface area contributed by atoms with Crippen LogP contribution in [-0.4, -0.2) is 38.8 Å².